The van der Waals surface area contributed by atoms with Gasteiger partial charge in [-0.15, -0.1) is 0 Å². The lowest BCUT2D eigenvalue weighted by Crippen LogP contribution is -2.18. The highest BCUT2D eigenvalue weighted by Crippen LogP contribution is 2.22. The first-order valence-corrected chi connectivity index (χ1v) is 17.7. The molecule has 236 valence electrons. The van der Waals surface area contributed by atoms with Gasteiger partial charge in [0, 0.05) is 11.1 Å². The van der Waals surface area contributed by atoms with Crippen molar-refractivity contribution in [2.75, 3.05) is 13.2 Å². The fraction of sp³-hybridized carbons (Fsp3) is 0.889. The normalized spacial score (nSPS) is 11.9. The van der Waals surface area contributed by atoms with Crippen molar-refractivity contribution < 1.29 is 19.1 Å². The molecule has 0 heterocycles. The van der Waals surface area contributed by atoms with Gasteiger partial charge in [-0.1, -0.05) is 156 Å². The maximum atomic E-state index is 13.1. The van der Waals surface area contributed by atoms with Crippen molar-refractivity contribution in [2.24, 2.45) is 0 Å². The second-order valence-electron chi connectivity index (χ2n) is 11.8. The molecule has 0 amide bonds. The van der Waals surface area contributed by atoms with Crippen molar-refractivity contribution in [1.29, 1.82) is 0 Å². The van der Waals surface area contributed by atoms with Gasteiger partial charge in [-0.2, -0.15) is 0 Å². The van der Waals surface area contributed by atoms with Gasteiger partial charge >= 0.3 is 11.9 Å². The van der Waals surface area contributed by atoms with Crippen molar-refractivity contribution in [1.82, 2.24) is 0 Å². The Bertz CT molecular complexity index is 558. The molecular weight excluding hydrogens is 496 g/mol. The molecule has 0 aliphatic carbocycles. The van der Waals surface area contributed by atoms with E-state index >= 15 is 0 Å². The van der Waals surface area contributed by atoms with Gasteiger partial charge in [0.05, 0.1) is 13.2 Å². The number of ether oxygens (including phenoxy) is 2. The first kappa shape index (κ1) is 38.7. The molecule has 0 aliphatic rings. The van der Waals surface area contributed by atoms with E-state index in [-0.39, 0.29) is 11.9 Å². The first-order valence-electron chi connectivity index (χ1n) is 17.7. The van der Waals surface area contributed by atoms with Gasteiger partial charge < -0.3 is 9.47 Å². The van der Waals surface area contributed by atoms with Gasteiger partial charge in [-0.3, -0.25) is 0 Å². The lowest BCUT2D eigenvalue weighted by atomic mass is 9.98. The zero-order chi connectivity index (χ0) is 29.5. The third-order valence-corrected chi connectivity index (χ3v) is 7.88. The fourth-order valence-electron chi connectivity index (χ4n) is 5.14. The van der Waals surface area contributed by atoms with Crippen molar-refractivity contribution in [3.63, 3.8) is 0 Å². The van der Waals surface area contributed by atoms with Gasteiger partial charge in [0.25, 0.3) is 0 Å². The van der Waals surface area contributed by atoms with Crippen LogP contribution in [0.3, 0.4) is 0 Å². The van der Waals surface area contributed by atoms with E-state index in [9.17, 15) is 9.59 Å². The highest BCUT2D eigenvalue weighted by molar-refractivity contribution is 6.00. The van der Waals surface area contributed by atoms with Crippen molar-refractivity contribution in [2.45, 2.75) is 195 Å². The molecular formula is C36H68O4. The molecule has 4 nitrogen and oxygen atoms in total. The van der Waals surface area contributed by atoms with Crippen LogP contribution in [0.15, 0.2) is 11.1 Å². The molecule has 0 aromatic heterocycles. The van der Waals surface area contributed by atoms with Crippen LogP contribution < -0.4 is 0 Å². The Balaban J connectivity index is 4.53. The minimum Gasteiger partial charge on any atom is -0.462 e. The second-order valence-corrected chi connectivity index (χ2v) is 11.8. The Hall–Kier alpha value is -1.32. The Morgan fingerprint density at radius 1 is 0.350 bits per heavy atom. The van der Waals surface area contributed by atoms with Crippen molar-refractivity contribution >= 4 is 11.9 Å². The molecule has 0 bridgehead atoms. The highest BCUT2D eigenvalue weighted by atomic mass is 16.5. The number of carbonyl (C=O) groups excluding carboxylic acids is 2. The molecule has 0 unspecified atom stereocenters. The third kappa shape index (κ3) is 23.4. The van der Waals surface area contributed by atoms with Crippen LogP contribution in [0.4, 0.5) is 0 Å². The van der Waals surface area contributed by atoms with E-state index in [0.29, 0.717) is 37.2 Å². The topological polar surface area (TPSA) is 52.6 Å². The zero-order valence-electron chi connectivity index (χ0n) is 27.4. The predicted octanol–water partition coefficient (Wildman–Crippen LogP) is 11.6. The summed E-state index contributed by atoms with van der Waals surface area (Å²) in [4.78, 5) is 26.2. The van der Waals surface area contributed by atoms with Gasteiger partial charge in [0.15, 0.2) is 0 Å². The summed E-state index contributed by atoms with van der Waals surface area (Å²) in [5.74, 6) is -0.599. The average molecular weight is 565 g/mol. The Morgan fingerprint density at radius 2 is 0.600 bits per heavy atom. The Morgan fingerprint density at radius 3 is 0.875 bits per heavy atom. The highest BCUT2D eigenvalue weighted by Gasteiger charge is 2.22. The van der Waals surface area contributed by atoms with Crippen LogP contribution in [0.5, 0.6) is 0 Å². The minimum absolute atomic E-state index is 0.300. The van der Waals surface area contributed by atoms with Crippen molar-refractivity contribution in [3.05, 3.63) is 11.1 Å². The van der Waals surface area contributed by atoms with Gasteiger partial charge in [0.1, 0.15) is 0 Å². The predicted molar refractivity (Wildman–Crippen MR) is 172 cm³/mol. The van der Waals surface area contributed by atoms with Crippen LogP contribution in [0.25, 0.3) is 0 Å². The van der Waals surface area contributed by atoms with E-state index in [1.54, 1.807) is 0 Å². The van der Waals surface area contributed by atoms with Crippen LogP contribution in [0.2, 0.25) is 0 Å². The molecule has 0 aliphatic heterocycles. The number of carbonyl (C=O) groups is 2. The van der Waals surface area contributed by atoms with Crippen LogP contribution in [-0.2, 0) is 19.1 Å². The molecule has 0 saturated carbocycles. The molecule has 0 atom stereocenters. The summed E-state index contributed by atoms with van der Waals surface area (Å²) in [6, 6.07) is 0. The van der Waals surface area contributed by atoms with Crippen LogP contribution >= 0.6 is 0 Å². The number of hydrogen-bond donors (Lipinski definition) is 0. The zero-order valence-corrected chi connectivity index (χ0v) is 27.4. The molecule has 0 rings (SSSR count). The number of rotatable bonds is 30. The minimum atomic E-state index is -0.300. The van der Waals surface area contributed by atoms with Crippen LogP contribution in [-0.4, -0.2) is 25.2 Å². The van der Waals surface area contributed by atoms with E-state index < -0.39 is 0 Å². The molecule has 4 heteroatoms. The summed E-state index contributed by atoms with van der Waals surface area (Å²) < 4.78 is 11.4. The lowest BCUT2D eigenvalue weighted by Gasteiger charge is -2.15. The summed E-state index contributed by atoms with van der Waals surface area (Å²) in [6.45, 7) is 9.63. The van der Waals surface area contributed by atoms with Gasteiger partial charge in [-0.25, -0.2) is 9.59 Å². The molecule has 0 fully saturated rings. The summed E-state index contributed by atoms with van der Waals surface area (Å²) in [5.41, 5.74) is 1.13. The monoisotopic (exact) mass is 565 g/mol. The van der Waals surface area contributed by atoms with Crippen LogP contribution in [0.1, 0.15) is 195 Å². The maximum absolute atomic E-state index is 13.1. The second kappa shape index (κ2) is 30.6. The largest absolute Gasteiger partial charge is 0.462 e. The molecule has 0 N–H and O–H groups in total. The lowest BCUT2D eigenvalue weighted by molar-refractivity contribution is -0.142. The number of esters is 2. The molecule has 40 heavy (non-hydrogen) atoms. The summed E-state index contributed by atoms with van der Waals surface area (Å²) >= 11 is 0. The van der Waals surface area contributed by atoms with Gasteiger partial charge in [-0.05, 0) is 38.5 Å². The van der Waals surface area contributed by atoms with E-state index in [4.69, 9.17) is 9.47 Å². The summed E-state index contributed by atoms with van der Waals surface area (Å²) in [6.07, 6.45) is 29.9. The van der Waals surface area contributed by atoms with E-state index in [2.05, 4.69) is 27.7 Å². The average Bonchev–Trinajstić information content (AvgIpc) is 2.96. The van der Waals surface area contributed by atoms with E-state index in [1.807, 2.05) is 0 Å². The smallest absolute Gasteiger partial charge is 0.334 e. The summed E-state index contributed by atoms with van der Waals surface area (Å²) in [5, 5.41) is 0. The number of hydrogen-bond acceptors (Lipinski definition) is 4. The Labute approximate surface area is 249 Å². The third-order valence-electron chi connectivity index (χ3n) is 7.88. The van der Waals surface area contributed by atoms with Crippen molar-refractivity contribution in [3.8, 4) is 0 Å². The number of unbranched alkanes of at least 4 members (excludes halogenated alkanes) is 20. The Kier molecular flexibility index (Phi) is 29.6. The summed E-state index contributed by atoms with van der Waals surface area (Å²) in [7, 11) is 0. The SMILES string of the molecule is CCCCCCCCCCCCOC(=O)/C(CCCC)=C(/CCCC)C(=O)OCCCCCCCCCCCC. The molecule has 0 aromatic rings. The first-order chi connectivity index (χ1) is 19.6. The van der Waals surface area contributed by atoms with Gasteiger partial charge in [0.2, 0.25) is 0 Å². The van der Waals surface area contributed by atoms with Crippen LogP contribution in [0, 0.1) is 0 Å². The molecule has 0 spiro atoms. The van der Waals surface area contributed by atoms with E-state index in [0.717, 1.165) is 51.4 Å². The quantitative estimate of drug-likeness (QED) is 0.0494. The maximum Gasteiger partial charge on any atom is 0.334 e. The molecule has 0 radical (unpaired) electrons. The standard InChI is InChI=1S/C36H68O4/c1-5-9-13-15-17-19-21-23-25-27-31-39-35(37)33(29-11-7-3)34(30-12-8-4)36(38)40-32-28-26-24-22-20-18-16-14-10-6-2/h5-32H2,1-4H3/b34-33-. The molecule has 0 aromatic carbocycles. The van der Waals surface area contributed by atoms with E-state index in [1.165, 1.54) is 103 Å². The molecule has 0 saturated heterocycles. The fourth-order valence-corrected chi connectivity index (χ4v) is 5.14.